The Hall–Kier alpha value is -4.13. The maximum atomic E-state index is 13.2. The Balaban J connectivity index is 1.79. The molecule has 0 saturated carbocycles. The van der Waals surface area contributed by atoms with Crippen molar-refractivity contribution in [3.05, 3.63) is 95.6 Å². The van der Waals surface area contributed by atoms with Gasteiger partial charge in [-0.2, -0.15) is 0 Å². The van der Waals surface area contributed by atoms with E-state index in [1.54, 1.807) is 87.7 Å². The Morgan fingerprint density at radius 1 is 0.857 bits per heavy atom. The van der Waals surface area contributed by atoms with Crippen LogP contribution in [-0.2, 0) is 14.3 Å². The standard InChI is InChI=1S/C28H30N2O5/c1-18(2)24(30-26(31)21-12-8-9-19(3)17-21)28(33)35-25(20-10-6-5-7-11-20)27(32)29-22-13-15-23(34-4)16-14-22/h5-18,24-25H,1-4H3,(H,29,32)(H,30,31)/t24-,25?/m0/s1. The molecule has 3 rings (SSSR count). The van der Waals surface area contributed by atoms with E-state index in [-0.39, 0.29) is 11.8 Å². The zero-order valence-corrected chi connectivity index (χ0v) is 20.3. The number of carbonyl (C=O) groups is 3. The van der Waals surface area contributed by atoms with E-state index in [4.69, 9.17) is 9.47 Å². The summed E-state index contributed by atoms with van der Waals surface area (Å²) < 4.78 is 10.9. The summed E-state index contributed by atoms with van der Waals surface area (Å²) in [4.78, 5) is 39.2. The molecule has 3 aromatic rings. The van der Waals surface area contributed by atoms with Gasteiger partial charge < -0.3 is 20.1 Å². The normalized spacial score (nSPS) is 12.4. The van der Waals surface area contributed by atoms with E-state index in [2.05, 4.69) is 10.6 Å². The van der Waals surface area contributed by atoms with Gasteiger partial charge in [-0.25, -0.2) is 4.79 Å². The number of benzene rings is 3. The second-order valence-corrected chi connectivity index (χ2v) is 8.51. The smallest absolute Gasteiger partial charge is 0.330 e. The number of nitrogens with one attached hydrogen (secondary N) is 2. The van der Waals surface area contributed by atoms with Crippen LogP contribution in [0.5, 0.6) is 5.75 Å². The van der Waals surface area contributed by atoms with Crippen molar-refractivity contribution in [2.45, 2.75) is 32.9 Å². The van der Waals surface area contributed by atoms with Gasteiger partial charge in [0.2, 0.25) is 6.10 Å². The molecular weight excluding hydrogens is 444 g/mol. The Morgan fingerprint density at radius 3 is 2.14 bits per heavy atom. The first-order valence-electron chi connectivity index (χ1n) is 11.4. The number of hydrogen-bond donors (Lipinski definition) is 2. The number of anilines is 1. The second kappa shape index (κ2) is 11.8. The zero-order valence-electron chi connectivity index (χ0n) is 20.3. The van der Waals surface area contributed by atoms with Crippen molar-refractivity contribution in [3.8, 4) is 5.75 Å². The highest BCUT2D eigenvalue weighted by atomic mass is 16.5. The highest BCUT2D eigenvalue weighted by Gasteiger charge is 2.32. The molecule has 7 heteroatoms. The lowest BCUT2D eigenvalue weighted by Crippen LogP contribution is -2.46. The molecule has 0 aliphatic rings. The number of methoxy groups -OCH3 is 1. The predicted octanol–water partition coefficient (Wildman–Crippen LogP) is 4.68. The van der Waals surface area contributed by atoms with Crippen LogP contribution < -0.4 is 15.4 Å². The van der Waals surface area contributed by atoms with Gasteiger partial charge in [0.1, 0.15) is 11.8 Å². The fraction of sp³-hybridized carbons (Fsp3) is 0.250. The third-order valence-corrected chi connectivity index (χ3v) is 5.42. The molecule has 0 bridgehead atoms. The van der Waals surface area contributed by atoms with Crippen LogP contribution in [0.4, 0.5) is 5.69 Å². The van der Waals surface area contributed by atoms with Gasteiger partial charge in [0, 0.05) is 16.8 Å². The molecule has 7 nitrogen and oxygen atoms in total. The molecule has 0 radical (unpaired) electrons. The van der Waals surface area contributed by atoms with E-state index in [9.17, 15) is 14.4 Å². The van der Waals surface area contributed by atoms with Crippen LogP contribution in [0.15, 0.2) is 78.9 Å². The molecule has 1 unspecified atom stereocenters. The molecule has 2 amide bonds. The van der Waals surface area contributed by atoms with Gasteiger partial charge in [-0.15, -0.1) is 0 Å². The maximum Gasteiger partial charge on any atom is 0.330 e. The number of carbonyl (C=O) groups excluding carboxylic acids is 3. The average molecular weight is 475 g/mol. The Bertz CT molecular complexity index is 1160. The largest absolute Gasteiger partial charge is 0.497 e. The molecule has 35 heavy (non-hydrogen) atoms. The van der Waals surface area contributed by atoms with Crippen molar-refractivity contribution in [3.63, 3.8) is 0 Å². The van der Waals surface area contributed by atoms with Gasteiger partial charge in [0.05, 0.1) is 7.11 Å². The summed E-state index contributed by atoms with van der Waals surface area (Å²) in [6.07, 6.45) is -1.21. The molecule has 0 aliphatic heterocycles. The van der Waals surface area contributed by atoms with Gasteiger partial charge >= 0.3 is 5.97 Å². The van der Waals surface area contributed by atoms with Crippen LogP contribution >= 0.6 is 0 Å². The lowest BCUT2D eigenvalue weighted by Gasteiger charge is -2.24. The fourth-order valence-corrected chi connectivity index (χ4v) is 3.48. The number of aryl methyl sites for hydroxylation is 1. The van der Waals surface area contributed by atoms with E-state index in [0.29, 0.717) is 22.6 Å². The summed E-state index contributed by atoms with van der Waals surface area (Å²) in [6.45, 7) is 5.49. The molecule has 182 valence electrons. The van der Waals surface area contributed by atoms with Crippen molar-refractivity contribution < 1.29 is 23.9 Å². The minimum absolute atomic E-state index is 0.266. The third-order valence-electron chi connectivity index (χ3n) is 5.42. The molecule has 0 spiro atoms. The highest BCUT2D eigenvalue weighted by molar-refractivity contribution is 5.98. The number of amides is 2. The summed E-state index contributed by atoms with van der Waals surface area (Å²) in [5.41, 5.74) is 2.42. The Kier molecular flexibility index (Phi) is 8.62. The number of rotatable bonds is 9. The van der Waals surface area contributed by atoms with Crippen molar-refractivity contribution in [2.75, 3.05) is 12.4 Å². The summed E-state index contributed by atoms with van der Waals surface area (Å²) in [6, 6.07) is 21.7. The molecular formula is C28H30N2O5. The first-order chi connectivity index (χ1) is 16.8. The topological polar surface area (TPSA) is 93.7 Å². The van der Waals surface area contributed by atoms with Crippen molar-refractivity contribution >= 4 is 23.5 Å². The predicted molar refractivity (Wildman–Crippen MR) is 134 cm³/mol. The minimum atomic E-state index is -1.21. The molecule has 0 aliphatic carbocycles. The molecule has 0 aromatic heterocycles. The van der Waals surface area contributed by atoms with E-state index < -0.39 is 24.0 Å². The zero-order chi connectivity index (χ0) is 25.4. The molecule has 0 fully saturated rings. The lowest BCUT2D eigenvalue weighted by atomic mass is 10.0. The van der Waals surface area contributed by atoms with Gasteiger partial charge in [0.25, 0.3) is 11.8 Å². The lowest BCUT2D eigenvalue weighted by molar-refractivity contribution is -0.157. The van der Waals surface area contributed by atoms with Crippen LogP contribution in [0, 0.1) is 12.8 Å². The van der Waals surface area contributed by atoms with Crippen LogP contribution in [-0.4, -0.2) is 30.9 Å². The second-order valence-electron chi connectivity index (χ2n) is 8.51. The van der Waals surface area contributed by atoms with Crippen molar-refractivity contribution in [1.82, 2.24) is 5.32 Å². The van der Waals surface area contributed by atoms with Crippen molar-refractivity contribution in [2.24, 2.45) is 5.92 Å². The van der Waals surface area contributed by atoms with E-state index in [1.165, 1.54) is 0 Å². The van der Waals surface area contributed by atoms with Crippen LogP contribution in [0.1, 0.15) is 41.4 Å². The monoisotopic (exact) mass is 474 g/mol. The minimum Gasteiger partial charge on any atom is -0.497 e. The fourth-order valence-electron chi connectivity index (χ4n) is 3.48. The van der Waals surface area contributed by atoms with Gasteiger partial charge in [-0.05, 0) is 49.2 Å². The van der Waals surface area contributed by atoms with Crippen LogP contribution in [0.25, 0.3) is 0 Å². The average Bonchev–Trinajstić information content (AvgIpc) is 2.86. The van der Waals surface area contributed by atoms with Crippen molar-refractivity contribution in [1.29, 1.82) is 0 Å². The van der Waals surface area contributed by atoms with Gasteiger partial charge in [0.15, 0.2) is 0 Å². The quantitative estimate of drug-likeness (QED) is 0.439. The first-order valence-corrected chi connectivity index (χ1v) is 11.4. The Morgan fingerprint density at radius 2 is 1.54 bits per heavy atom. The molecule has 3 aromatic carbocycles. The summed E-state index contributed by atoms with van der Waals surface area (Å²) in [5.74, 6) is -1.21. The van der Waals surface area contributed by atoms with Crippen LogP contribution in [0.3, 0.4) is 0 Å². The van der Waals surface area contributed by atoms with Gasteiger partial charge in [-0.1, -0.05) is 61.9 Å². The van der Waals surface area contributed by atoms with E-state index in [1.807, 2.05) is 19.1 Å². The maximum absolute atomic E-state index is 13.2. The molecule has 2 N–H and O–H groups in total. The summed E-state index contributed by atoms with van der Waals surface area (Å²) >= 11 is 0. The third kappa shape index (κ3) is 6.93. The van der Waals surface area contributed by atoms with Gasteiger partial charge in [-0.3, -0.25) is 9.59 Å². The first kappa shape index (κ1) is 25.5. The number of esters is 1. The summed E-state index contributed by atoms with van der Waals surface area (Å²) in [7, 11) is 1.56. The van der Waals surface area contributed by atoms with E-state index >= 15 is 0 Å². The SMILES string of the molecule is COc1ccc(NC(=O)C(OC(=O)[C@@H](NC(=O)c2cccc(C)c2)C(C)C)c2ccccc2)cc1. The number of hydrogen-bond acceptors (Lipinski definition) is 5. The molecule has 0 heterocycles. The summed E-state index contributed by atoms with van der Waals surface area (Å²) in [5, 5.41) is 5.54. The highest BCUT2D eigenvalue weighted by Crippen LogP contribution is 2.23. The molecule has 0 saturated heterocycles. The van der Waals surface area contributed by atoms with E-state index in [0.717, 1.165) is 5.56 Å². The molecule has 2 atom stereocenters. The van der Waals surface area contributed by atoms with Crippen LogP contribution in [0.2, 0.25) is 0 Å². The number of ether oxygens (including phenoxy) is 2. The Labute approximate surface area is 205 Å².